The van der Waals surface area contributed by atoms with Crippen molar-refractivity contribution in [3.63, 3.8) is 0 Å². The highest BCUT2D eigenvalue weighted by Crippen LogP contribution is 2.30. The molecule has 0 aliphatic carbocycles. The van der Waals surface area contributed by atoms with Crippen molar-refractivity contribution in [3.8, 4) is 0 Å². The molecule has 0 N–H and O–H groups in total. The molecule has 1 aromatic carbocycles. The fraction of sp³-hybridized carbons (Fsp3) is 0.400. The Morgan fingerprint density at radius 2 is 2.09 bits per heavy atom. The number of rotatable bonds is 0. The van der Waals surface area contributed by atoms with Crippen molar-refractivity contribution >= 4 is 0 Å². The Labute approximate surface area is 67.6 Å². The first-order valence-electron chi connectivity index (χ1n) is 4.07. The van der Waals surface area contributed by atoms with Gasteiger partial charge in [-0.2, -0.15) is 0 Å². The molecule has 0 fully saturated rings. The van der Waals surface area contributed by atoms with E-state index in [2.05, 4.69) is 43.1 Å². The smallest absolute Gasteiger partial charge is 0.0323 e. The predicted molar refractivity (Wildman–Crippen MR) is 46.3 cm³/mol. The van der Waals surface area contributed by atoms with Crippen LogP contribution >= 0.6 is 0 Å². The lowest BCUT2D eigenvalue weighted by molar-refractivity contribution is 0.286. The molecule has 1 heteroatoms. The lowest BCUT2D eigenvalue weighted by atomic mass is 10.1. The highest BCUT2D eigenvalue weighted by Gasteiger charge is 2.21. The van der Waals surface area contributed by atoms with Crippen LogP contribution in [0.3, 0.4) is 0 Å². The number of benzene rings is 1. The molecular weight excluding hydrogens is 134 g/mol. The first-order chi connectivity index (χ1) is 5.29. The normalized spacial score (nSPS) is 23.6. The van der Waals surface area contributed by atoms with E-state index in [1.807, 2.05) is 0 Å². The number of fused-ring (bicyclic) bond motifs is 1. The summed E-state index contributed by atoms with van der Waals surface area (Å²) in [5, 5.41) is 0. The molecule has 1 aliphatic heterocycles. The maximum absolute atomic E-state index is 2.37. The lowest BCUT2D eigenvalue weighted by Crippen LogP contribution is -2.12. The molecule has 0 spiro atoms. The Balaban J connectivity index is 2.47. The molecule has 0 radical (unpaired) electrons. The maximum atomic E-state index is 2.37. The van der Waals surface area contributed by atoms with Crippen LogP contribution in [0.1, 0.15) is 24.1 Å². The zero-order chi connectivity index (χ0) is 7.84. The van der Waals surface area contributed by atoms with Crippen LogP contribution in [0.5, 0.6) is 0 Å². The van der Waals surface area contributed by atoms with E-state index in [-0.39, 0.29) is 0 Å². The van der Waals surface area contributed by atoms with Gasteiger partial charge in [0.25, 0.3) is 0 Å². The van der Waals surface area contributed by atoms with Crippen LogP contribution in [0.4, 0.5) is 0 Å². The average molecular weight is 147 g/mol. The Kier molecular flexibility index (Phi) is 1.46. The summed E-state index contributed by atoms with van der Waals surface area (Å²) in [7, 11) is 2.17. The van der Waals surface area contributed by atoms with E-state index in [0.29, 0.717) is 6.04 Å². The summed E-state index contributed by atoms with van der Waals surface area (Å²) in [6.45, 7) is 3.36. The van der Waals surface area contributed by atoms with Crippen molar-refractivity contribution in [1.29, 1.82) is 0 Å². The summed E-state index contributed by atoms with van der Waals surface area (Å²) in [6, 6.07) is 9.28. The second-order valence-corrected chi connectivity index (χ2v) is 3.29. The molecule has 1 aromatic rings. The van der Waals surface area contributed by atoms with Gasteiger partial charge >= 0.3 is 0 Å². The minimum absolute atomic E-state index is 0.603. The van der Waals surface area contributed by atoms with Crippen molar-refractivity contribution in [1.82, 2.24) is 4.90 Å². The minimum atomic E-state index is 0.603. The summed E-state index contributed by atoms with van der Waals surface area (Å²) in [6.07, 6.45) is 0. The standard InChI is InChI=1S/C10H13N/c1-8-10-6-4-3-5-9(10)7-11(8)2/h3-6,8H,7H2,1-2H3/t8-/m0/s1. The third-order valence-electron chi connectivity index (χ3n) is 2.59. The first-order valence-corrected chi connectivity index (χ1v) is 4.07. The zero-order valence-electron chi connectivity index (χ0n) is 7.04. The van der Waals surface area contributed by atoms with Gasteiger partial charge in [-0.15, -0.1) is 0 Å². The van der Waals surface area contributed by atoms with Crippen LogP contribution < -0.4 is 0 Å². The molecule has 2 rings (SSSR count). The molecule has 0 bridgehead atoms. The summed E-state index contributed by atoms with van der Waals surface area (Å²) >= 11 is 0. The second kappa shape index (κ2) is 2.35. The van der Waals surface area contributed by atoms with Gasteiger partial charge in [0.1, 0.15) is 0 Å². The van der Waals surface area contributed by atoms with Crippen molar-refractivity contribution in [3.05, 3.63) is 35.4 Å². The monoisotopic (exact) mass is 147 g/mol. The molecule has 58 valence electrons. The molecule has 11 heavy (non-hydrogen) atoms. The third-order valence-corrected chi connectivity index (χ3v) is 2.59. The number of hydrogen-bond donors (Lipinski definition) is 0. The van der Waals surface area contributed by atoms with E-state index in [1.54, 1.807) is 0 Å². The fourth-order valence-electron chi connectivity index (χ4n) is 1.73. The molecule has 0 saturated heterocycles. The molecule has 1 nitrogen and oxygen atoms in total. The molecular formula is C10H13N. The van der Waals surface area contributed by atoms with Crippen molar-refractivity contribution in [2.45, 2.75) is 19.5 Å². The molecule has 0 aromatic heterocycles. The maximum Gasteiger partial charge on any atom is 0.0323 e. The zero-order valence-corrected chi connectivity index (χ0v) is 7.04. The van der Waals surface area contributed by atoms with Crippen LogP contribution in [0.2, 0.25) is 0 Å². The average Bonchev–Trinajstić information content (AvgIpc) is 2.30. The molecule has 0 saturated carbocycles. The molecule has 1 atom stereocenters. The quantitative estimate of drug-likeness (QED) is 0.543. The third kappa shape index (κ3) is 0.962. The van der Waals surface area contributed by atoms with E-state index in [0.717, 1.165) is 6.54 Å². The van der Waals surface area contributed by atoms with Crippen molar-refractivity contribution < 1.29 is 0 Å². The van der Waals surface area contributed by atoms with Crippen molar-refractivity contribution in [2.75, 3.05) is 7.05 Å². The van der Waals surface area contributed by atoms with Gasteiger partial charge < -0.3 is 0 Å². The topological polar surface area (TPSA) is 3.24 Å². The Bertz CT molecular complexity index is 267. The summed E-state index contributed by atoms with van der Waals surface area (Å²) in [5.74, 6) is 0. The predicted octanol–water partition coefficient (Wildman–Crippen LogP) is 2.19. The van der Waals surface area contributed by atoms with Gasteiger partial charge in [0.15, 0.2) is 0 Å². The molecule has 0 unspecified atom stereocenters. The van der Waals surface area contributed by atoms with Crippen LogP contribution in [-0.4, -0.2) is 11.9 Å². The molecule has 1 aliphatic rings. The van der Waals surface area contributed by atoms with Crippen molar-refractivity contribution in [2.24, 2.45) is 0 Å². The van der Waals surface area contributed by atoms with Gasteiger partial charge in [-0.05, 0) is 25.1 Å². The largest absolute Gasteiger partial charge is 0.295 e. The van der Waals surface area contributed by atoms with E-state index in [9.17, 15) is 0 Å². The van der Waals surface area contributed by atoms with E-state index in [4.69, 9.17) is 0 Å². The van der Waals surface area contributed by atoms with Gasteiger partial charge in [0, 0.05) is 12.6 Å². The van der Waals surface area contributed by atoms with Gasteiger partial charge in [0.05, 0.1) is 0 Å². The van der Waals surface area contributed by atoms with Crippen LogP contribution in [-0.2, 0) is 6.54 Å². The SMILES string of the molecule is C[C@H]1c2ccccc2CN1C. The van der Waals surface area contributed by atoms with E-state index in [1.165, 1.54) is 11.1 Å². The summed E-state index contributed by atoms with van der Waals surface area (Å²) < 4.78 is 0. The second-order valence-electron chi connectivity index (χ2n) is 3.29. The van der Waals surface area contributed by atoms with Crippen LogP contribution in [0, 0.1) is 0 Å². The van der Waals surface area contributed by atoms with Gasteiger partial charge in [-0.3, -0.25) is 4.90 Å². The fourth-order valence-corrected chi connectivity index (χ4v) is 1.73. The van der Waals surface area contributed by atoms with Gasteiger partial charge in [-0.1, -0.05) is 24.3 Å². The lowest BCUT2D eigenvalue weighted by Gasteiger charge is -2.13. The molecule has 0 amide bonds. The van der Waals surface area contributed by atoms with E-state index >= 15 is 0 Å². The Hall–Kier alpha value is -0.820. The molecule has 1 heterocycles. The summed E-state index contributed by atoms with van der Waals surface area (Å²) in [5.41, 5.74) is 2.98. The number of nitrogens with zero attached hydrogens (tertiary/aromatic N) is 1. The first kappa shape index (κ1) is 6.86. The highest BCUT2D eigenvalue weighted by atomic mass is 15.1. The van der Waals surface area contributed by atoms with Crippen LogP contribution in [0.25, 0.3) is 0 Å². The van der Waals surface area contributed by atoms with Gasteiger partial charge in [0.2, 0.25) is 0 Å². The Morgan fingerprint density at radius 1 is 1.36 bits per heavy atom. The number of hydrogen-bond acceptors (Lipinski definition) is 1. The van der Waals surface area contributed by atoms with E-state index < -0.39 is 0 Å². The van der Waals surface area contributed by atoms with Gasteiger partial charge in [-0.25, -0.2) is 0 Å². The minimum Gasteiger partial charge on any atom is -0.295 e. The Morgan fingerprint density at radius 3 is 2.82 bits per heavy atom. The highest BCUT2D eigenvalue weighted by molar-refractivity contribution is 5.33. The summed E-state index contributed by atoms with van der Waals surface area (Å²) in [4.78, 5) is 2.37. The van der Waals surface area contributed by atoms with Crippen LogP contribution in [0.15, 0.2) is 24.3 Å².